The molecule has 0 saturated carbocycles. The molecule has 0 spiro atoms. The number of ether oxygens (including phenoxy) is 1. The second-order valence-corrected chi connectivity index (χ2v) is 17.0. The number of nitrogens with zero attached hydrogens (tertiary/aromatic N) is 8. The summed E-state index contributed by atoms with van der Waals surface area (Å²) in [5.74, 6) is 6.55. The number of nitrogens with one attached hydrogen (secondary N) is 1. The third-order valence-electron chi connectivity index (χ3n) is 12.9. The lowest BCUT2D eigenvalue weighted by atomic mass is 9.93. The number of likely N-dealkylation sites (tertiary alicyclic amines) is 3. The van der Waals surface area contributed by atoms with Gasteiger partial charge in [0.1, 0.15) is 35.4 Å². The fourth-order valence-electron chi connectivity index (χ4n) is 9.51. The number of rotatable bonds is 8. The number of benzene rings is 3. The van der Waals surface area contributed by atoms with Gasteiger partial charge in [-0.3, -0.25) is 44.0 Å². The molecule has 63 heavy (non-hydrogen) atoms. The summed E-state index contributed by atoms with van der Waals surface area (Å²) in [4.78, 5) is 80.6. The van der Waals surface area contributed by atoms with Crippen molar-refractivity contribution in [3.63, 3.8) is 0 Å². The van der Waals surface area contributed by atoms with E-state index in [0.29, 0.717) is 59.5 Å². The Balaban J connectivity index is 0.713. The second-order valence-electron chi connectivity index (χ2n) is 17.0. The van der Waals surface area contributed by atoms with Crippen LogP contribution in [-0.4, -0.2) is 127 Å². The van der Waals surface area contributed by atoms with E-state index in [9.17, 15) is 24.0 Å². The Kier molecular flexibility index (Phi) is 10.7. The maximum absolute atomic E-state index is 13.8. The molecular formula is C47H46N10O6. The number of imide groups is 2. The van der Waals surface area contributed by atoms with Crippen LogP contribution in [0, 0.1) is 17.8 Å². The lowest BCUT2D eigenvalue weighted by Gasteiger charge is -2.45. The van der Waals surface area contributed by atoms with Crippen LogP contribution >= 0.6 is 0 Å². The highest BCUT2D eigenvalue weighted by atomic mass is 16.5. The number of para-hydroxylation sites is 1. The minimum atomic E-state index is -1.000. The first kappa shape index (κ1) is 40.1. The minimum absolute atomic E-state index is 0.0631. The number of piperidine rings is 3. The quantitative estimate of drug-likeness (QED) is 0.170. The van der Waals surface area contributed by atoms with E-state index >= 15 is 0 Å². The van der Waals surface area contributed by atoms with Gasteiger partial charge in [-0.15, -0.1) is 0 Å². The highest BCUT2D eigenvalue weighted by Crippen LogP contribution is 2.35. The number of anilines is 1. The molecule has 0 radical (unpaired) electrons. The number of aromatic nitrogens is 4. The number of nitrogen functional groups attached to an aromatic ring is 1. The summed E-state index contributed by atoms with van der Waals surface area (Å²) in [6.45, 7) is 5.02. The number of amides is 5. The highest BCUT2D eigenvalue weighted by molar-refractivity contribution is 6.23. The van der Waals surface area contributed by atoms with Crippen molar-refractivity contribution in [2.24, 2.45) is 5.92 Å². The Morgan fingerprint density at radius 1 is 0.825 bits per heavy atom. The zero-order valence-electron chi connectivity index (χ0n) is 34.6. The molecule has 16 nitrogen and oxygen atoms in total. The van der Waals surface area contributed by atoms with E-state index in [-0.39, 0.29) is 41.8 Å². The van der Waals surface area contributed by atoms with E-state index in [2.05, 4.69) is 36.9 Å². The van der Waals surface area contributed by atoms with Crippen LogP contribution in [0.25, 0.3) is 22.3 Å². The summed E-state index contributed by atoms with van der Waals surface area (Å²) in [5.41, 5.74) is 9.76. The van der Waals surface area contributed by atoms with Crippen molar-refractivity contribution in [3.05, 3.63) is 95.8 Å². The van der Waals surface area contributed by atoms with E-state index in [4.69, 9.17) is 15.6 Å². The molecule has 3 N–H and O–H groups in total. The fraction of sp³-hybridized carbons (Fsp3) is 0.362. The van der Waals surface area contributed by atoms with Gasteiger partial charge in [-0.05, 0) is 86.7 Å². The van der Waals surface area contributed by atoms with Crippen molar-refractivity contribution in [1.82, 2.24) is 44.7 Å². The molecule has 4 fully saturated rings. The van der Waals surface area contributed by atoms with Crippen molar-refractivity contribution in [3.8, 4) is 34.6 Å². The van der Waals surface area contributed by atoms with Crippen LogP contribution in [0.5, 0.6) is 11.5 Å². The topological polar surface area (TPSA) is 189 Å². The van der Waals surface area contributed by atoms with Gasteiger partial charge in [-0.2, -0.15) is 5.10 Å². The van der Waals surface area contributed by atoms with Gasteiger partial charge in [0.2, 0.25) is 17.7 Å². The van der Waals surface area contributed by atoms with Gasteiger partial charge < -0.3 is 15.4 Å². The van der Waals surface area contributed by atoms with E-state index in [1.54, 1.807) is 18.2 Å². The molecule has 7 heterocycles. The van der Waals surface area contributed by atoms with Crippen LogP contribution in [0.4, 0.5) is 5.82 Å². The van der Waals surface area contributed by atoms with E-state index in [1.807, 2.05) is 64.2 Å². The second kappa shape index (κ2) is 16.7. The number of fused-ring (bicyclic) bond motifs is 2. The summed E-state index contributed by atoms with van der Waals surface area (Å²) >= 11 is 0. The molecule has 0 aliphatic carbocycles. The molecule has 5 amide bonds. The van der Waals surface area contributed by atoms with Gasteiger partial charge >= 0.3 is 0 Å². The van der Waals surface area contributed by atoms with Gasteiger partial charge in [-0.1, -0.05) is 30.0 Å². The van der Waals surface area contributed by atoms with Crippen LogP contribution in [-0.2, 0) is 14.4 Å². The lowest BCUT2D eigenvalue weighted by molar-refractivity contribution is -0.136. The molecular weight excluding hydrogens is 801 g/mol. The first-order valence-corrected chi connectivity index (χ1v) is 21.6. The zero-order chi connectivity index (χ0) is 43.2. The molecule has 5 aliphatic heterocycles. The zero-order valence-corrected chi connectivity index (χ0v) is 34.6. The van der Waals surface area contributed by atoms with Crippen molar-refractivity contribution in [1.29, 1.82) is 0 Å². The average molecular weight is 847 g/mol. The first-order chi connectivity index (χ1) is 30.7. The molecule has 2 atom stereocenters. The monoisotopic (exact) mass is 846 g/mol. The maximum Gasteiger partial charge on any atom is 0.262 e. The first-order valence-electron chi connectivity index (χ1n) is 21.6. The fourth-order valence-corrected chi connectivity index (χ4v) is 9.51. The van der Waals surface area contributed by atoms with Crippen molar-refractivity contribution in [2.45, 2.75) is 56.7 Å². The summed E-state index contributed by atoms with van der Waals surface area (Å²) in [7, 11) is 0. The molecule has 5 aliphatic rings. The average Bonchev–Trinajstić information content (AvgIpc) is 3.79. The number of nitrogens with two attached hydrogens (primary N) is 1. The Bertz CT molecular complexity index is 2700. The van der Waals surface area contributed by atoms with Crippen LogP contribution in [0.1, 0.15) is 70.8 Å². The predicted octanol–water partition coefficient (Wildman–Crippen LogP) is 3.88. The SMILES string of the molecule is Nc1ncnc2c1c(-c1ccc(Oc3ccccc3)cc1)nn2[C@@H]1CCCN(C(=O)CN2CCC(N3CC(C#Cc4ccc5c(c4)C(=O)N(C4CCC(=O)NC4=O)C5=O)C3)CC2)C1. The lowest BCUT2D eigenvalue weighted by Crippen LogP contribution is -2.55. The molecule has 320 valence electrons. The smallest absolute Gasteiger partial charge is 0.262 e. The van der Waals surface area contributed by atoms with Crippen LogP contribution in [0.2, 0.25) is 0 Å². The Morgan fingerprint density at radius 3 is 2.37 bits per heavy atom. The predicted molar refractivity (Wildman–Crippen MR) is 231 cm³/mol. The third kappa shape index (κ3) is 7.90. The molecule has 1 unspecified atom stereocenters. The normalized spacial score (nSPS) is 21.2. The Hall–Kier alpha value is -6.96. The molecule has 0 bridgehead atoms. The third-order valence-corrected chi connectivity index (χ3v) is 12.9. The minimum Gasteiger partial charge on any atom is -0.457 e. The number of carbonyl (C=O) groups excluding carboxylic acids is 5. The van der Waals surface area contributed by atoms with Gasteiger partial charge in [0.15, 0.2) is 5.65 Å². The standard InChI is InChI=1S/C47H46N10O6/c48-43-41-42(31-11-13-35(14-12-31)63-34-6-2-1-3-7-34)52-57(44(41)50-28-49-43)33-5-4-20-54(26-33)40(59)27-53-21-18-32(19-22-53)55-24-30(25-55)9-8-29-10-15-36-37(23-29)47(62)56(46(36)61)38-16-17-39(58)51-45(38)60/h1-3,6-7,10-15,23,28,30,32-33,38H,4-5,16-22,24-27H2,(H2,48,49,50)(H,51,58,60)/t33-,38?/m1/s1. The van der Waals surface area contributed by atoms with Crippen LogP contribution in [0.15, 0.2) is 79.1 Å². The molecule has 2 aromatic heterocycles. The van der Waals surface area contributed by atoms with Crippen LogP contribution in [0.3, 0.4) is 0 Å². The molecule has 16 heteroatoms. The van der Waals surface area contributed by atoms with Gasteiger partial charge in [-0.25, -0.2) is 14.6 Å². The van der Waals surface area contributed by atoms with Gasteiger partial charge in [0.25, 0.3) is 11.8 Å². The molecule has 4 saturated heterocycles. The molecule has 3 aromatic carbocycles. The summed E-state index contributed by atoms with van der Waals surface area (Å²) in [6.07, 6.45) is 5.32. The summed E-state index contributed by atoms with van der Waals surface area (Å²) < 4.78 is 7.93. The van der Waals surface area contributed by atoms with E-state index in [0.717, 1.165) is 68.1 Å². The Morgan fingerprint density at radius 2 is 1.59 bits per heavy atom. The van der Waals surface area contributed by atoms with Crippen molar-refractivity contribution in [2.75, 3.05) is 51.5 Å². The number of hydrogen-bond donors (Lipinski definition) is 2. The number of hydrogen-bond acceptors (Lipinski definition) is 12. The van der Waals surface area contributed by atoms with Gasteiger partial charge in [0, 0.05) is 68.8 Å². The summed E-state index contributed by atoms with van der Waals surface area (Å²) in [5, 5.41) is 7.98. The van der Waals surface area contributed by atoms with Crippen molar-refractivity contribution >= 4 is 46.4 Å². The van der Waals surface area contributed by atoms with Crippen molar-refractivity contribution < 1.29 is 28.7 Å². The largest absolute Gasteiger partial charge is 0.457 e. The molecule has 5 aromatic rings. The van der Waals surface area contributed by atoms with E-state index < -0.39 is 29.7 Å². The molecule has 10 rings (SSSR count). The van der Waals surface area contributed by atoms with Crippen LogP contribution < -0.4 is 15.8 Å². The summed E-state index contributed by atoms with van der Waals surface area (Å²) in [6, 6.07) is 21.7. The number of carbonyl (C=O) groups is 5. The Labute approximate surface area is 363 Å². The maximum atomic E-state index is 13.8. The highest BCUT2D eigenvalue weighted by Gasteiger charge is 2.45. The van der Waals surface area contributed by atoms with Gasteiger partial charge in [0.05, 0.1) is 29.1 Å². The van der Waals surface area contributed by atoms with E-state index in [1.165, 1.54) is 6.33 Å².